The average molecular weight is 421 g/mol. The lowest BCUT2D eigenvalue weighted by molar-refractivity contribution is -0.117. The largest absolute Gasteiger partial charge is 0.472 e. The summed E-state index contributed by atoms with van der Waals surface area (Å²) in [5, 5.41) is 7.20. The van der Waals surface area contributed by atoms with E-state index in [9.17, 15) is 14.4 Å². The van der Waals surface area contributed by atoms with Gasteiger partial charge in [-0.05, 0) is 49.1 Å². The molecule has 1 aromatic carbocycles. The third kappa shape index (κ3) is 3.67. The Morgan fingerprint density at radius 3 is 2.84 bits per heavy atom. The van der Waals surface area contributed by atoms with E-state index in [1.165, 1.54) is 17.2 Å². The van der Waals surface area contributed by atoms with Crippen molar-refractivity contribution >= 4 is 23.2 Å². The van der Waals surface area contributed by atoms with E-state index in [1.807, 2.05) is 12.1 Å². The molecule has 5 rings (SSSR count). The number of rotatable bonds is 4. The van der Waals surface area contributed by atoms with Gasteiger partial charge in [-0.15, -0.1) is 0 Å². The summed E-state index contributed by atoms with van der Waals surface area (Å²) in [5.74, 6) is 0.345. The molecule has 2 aliphatic rings. The molecule has 2 aliphatic heterocycles. The van der Waals surface area contributed by atoms with Crippen LogP contribution in [0.25, 0.3) is 0 Å². The third-order valence-electron chi connectivity index (χ3n) is 5.85. The minimum Gasteiger partial charge on any atom is -0.472 e. The van der Waals surface area contributed by atoms with Crippen LogP contribution in [0, 0.1) is 0 Å². The number of aromatic nitrogens is 3. The molecule has 0 atom stereocenters. The fraction of sp³-hybridized carbons (Fsp3) is 0.364. The van der Waals surface area contributed by atoms with Crippen molar-refractivity contribution in [2.75, 3.05) is 16.8 Å². The van der Waals surface area contributed by atoms with Crippen molar-refractivity contribution in [3.63, 3.8) is 0 Å². The zero-order valence-corrected chi connectivity index (χ0v) is 17.0. The molecule has 0 spiro atoms. The first kappa shape index (κ1) is 19.3. The topological polar surface area (TPSA) is 102 Å². The fourth-order valence-electron chi connectivity index (χ4n) is 4.30. The van der Waals surface area contributed by atoms with Crippen LogP contribution >= 0.6 is 0 Å². The summed E-state index contributed by atoms with van der Waals surface area (Å²) >= 11 is 0. The maximum absolute atomic E-state index is 12.6. The lowest BCUT2D eigenvalue weighted by atomic mass is 10.1. The molecule has 0 aliphatic carbocycles. The van der Waals surface area contributed by atoms with Crippen LogP contribution in [-0.4, -0.2) is 32.7 Å². The Bertz CT molecular complexity index is 1190. The van der Waals surface area contributed by atoms with Gasteiger partial charge in [0.2, 0.25) is 5.91 Å². The fourth-order valence-corrected chi connectivity index (χ4v) is 4.30. The third-order valence-corrected chi connectivity index (χ3v) is 5.85. The van der Waals surface area contributed by atoms with Crippen molar-refractivity contribution in [2.24, 2.45) is 0 Å². The number of nitrogens with one attached hydrogen (secondary N) is 1. The van der Waals surface area contributed by atoms with Gasteiger partial charge in [-0.2, -0.15) is 5.10 Å². The van der Waals surface area contributed by atoms with E-state index in [0.717, 1.165) is 42.8 Å². The molecule has 4 heterocycles. The van der Waals surface area contributed by atoms with Gasteiger partial charge in [0, 0.05) is 30.9 Å². The van der Waals surface area contributed by atoms with Gasteiger partial charge >= 0.3 is 5.69 Å². The number of furan rings is 1. The predicted molar refractivity (Wildman–Crippen MR) is 113 cm³/mol. The molecule has 9 nitrogen and oxygen atoms in total. The van der Waals surface area contributed by atoms with E-state index in [0.29, 0.717) is 30.8 Å². The Hall–Kier alpha value is -3.62. The molecule has 0 bridgehead atoms. The van der Waals surface area contributed by atoms with Gasteiger partial charge < -0.3 is 14.6 Å². The molecule has 160 valence electrons. The van der Waals surface area contributed by atoms with Crippen LogP contribution in [0.5, 0.6) is 0 Å². The van der Waals surface area contributed by atoms with Crippen LogP contribution in [-0.2, 0) is 30.7 Å². The highest BCUT2D eigenvalue weighted by molar-refractivity contribution is 6.07. The number of nitrogens with zero attached hydrogens (tertiary/aromatic N) is 4. The Morgan fingerprint density at radius 2 is 2.00 bits per heavy atom. The van der Waals surface area contributed by atoms with Gasteiger partial charge in [0.25, 0.3) is 5.91 Å². The molecule has 1 N–H and O–H groups in total. The highest BCUT2D eigenvalue weighted by Crippen LogP contribution is 2.31. The summed E-state index contributed by atoms with van der Waals surface area (Å²) in [5.41, 5.74) is 2.73. The maximum atomic E-state index is 12.6. The summed E-state index contributed by atoms with van der Waals surface area (Å²) in [6.45, 7) is 1.11. The summed E-state index contributed by atoms with van der Waals surface area (Å²) in [7, 11) is 0. The molecular weight excluding hydrogens is 398 g/mol. The molecule has 0 saturated carbocycles. The highest BCUT2D eigenvalue weighted by atomic mass is 16.3. The second-order valence-electron chi connectivity index (χ2n) is 7.93. The quantitative estimate of drug-likeness (QED) is 0.696. The van der Waals surface area contributed by atoms with Crippen LogP contribution in [0.3, 0.4) is 0 Å². The van der Waals surface area contributed by atoms with Crippen LogP contribution < -0.4 is 15.9 Å². The number of hydrogen-bond acceptors (Lipinski definition) is 5. The smallest absolute Gasteiger partial charge is 0.346 e. The molecule has 2 amide bonds. The Morgan fingerprint density at radius 1 is 1.10 bits per heavy atom. The van der Waals surface area contributed by atoms with E-state index in [1.54, 1.807) is 21.6 Å². The van der Waals surface area contributed by atoms with Crippen LogP contribution in [0.1, 0.15) is 41.0 Å². The normalized spacial score (nSPS) is 15.3. The maximum Gasteiger partial charge on any atom is 0.346 e. The lowest BCUT2D eigenvalue weighted by Crippen LogP contribution is -2.30. The SMILES string of the molecule is O=C(Cn1nc2n(c1=O)CCCCC2)Nc1ccc2c(c1)CCN2C(=O)c1ccoc1. The predicted octanol–water partition coefficient (Wildman–Crippen LogP) is 2.21. The summed E-state index contributed by atoms with van der Waals surface area (Å²) < 4.78 is 7.94. The molecular formula is C22H23N5O4. The Labute approximate surface area is 178 Å². The van der Waals surface area contributed by atoms with E-state index in [2.05, 4.69) is 10.4 Å². The molecule has 0 saturated heterocycles. The number of aryl methyl sites for hydroxylation is 1. The second-order valence-corrected chi connectivity index (χ2v) is 7.93. The van der Waals surface area contributed by atoms with Crippen molar-refractivity contribution in [2.45, 2.75) is 45.2 Å². The lowest BCUT2D eigenvalue weighted by Gasteiger charge is -2.16. The molecule has 0 fully saturated rings. The van der Waals surface area contributed by atoms with Crippen LogP contribution in [0.2, 0.25) is 0 Å². The minimum atomic E-state index is -0.306. The van der Waals surface area contributed by atoms with Gasteiger partial charge in [-0.25, -0.2) is 9.48 Å². The number of benzene rings is 1. The number of hydrogen-bond donors (Lipinski definition) is 1. The van der Waals surface area contributed by atoms with Crippen molar-refractivity contribution in [1.29, 1.82) is 0 Å². The number of carbonyl (C=O) groups excluding carboxylic acids is 2. The number of carbonyl (C=O) groups is 2. The summed E-state index contributed by atoms with van der Waals surface area (Å²) in [6.07, 6.45) is 7.45. The van der Waals surface area contributed by atoms with Crippen molar-refractivity contribution < 1.29 is 14.0 Å². The minimum absolute atomic E-state index is 0.108. The van der Waals surface area contributed by atoms with E-state index >= 15 is 0 Å². The molecule has 9 heteroatoms. The standard InChI is InChI=1S/C22H23N5O4/c28-20(13-27-22(30)26-9-3-1-2-4-19(26)24-27)23-17-5-6-18-15(12-17)7-10-25(18)21(29)16-8-11-31-14-16/h5-6,8,11-12,14H,1-4,7,9-10,13H2,(H,23,28). The summed E-state index contributed by atoms with van der Waals surface area (Å²) in [4.78, 5) is 39.4. The van der Waals surface area contributed by atoms with Gasteiger partial charge in [0.1, 0.15) is 18.6 Å². The molecule has 3 aromatic rings. The number of amides is 2. The van der Waals surface area contributed by atoms with Crippen LogP contribution in [0.4, 0.5) is 11.4 Å². The molecule has 0 radical (unpaired) electrons. The van der Waals surface area contributed by atoms with E-state index in [4.69, 9.17) is 4.42 Å². The highest BCUT2D eigenvalue weighted by Gasteiger charge is 2.26. The average Bonchev–Trinajstić information content (AvgIpc) is 3.45. The molecule has 0 unspecified atom stereocenters. The zero-order chi connectivity index (χ0) is 21.4. The van der Waals surface area contributed by atoms with E-state index < -0.39 is 0 Å². The second kappa shape index (κ2) is 7.90. The molecule has 31 heavy (non-hydrogen) atoms. The Balaban J connectivity index is 1.28. The zero-order valence-electron chi connectivity index (χ0n) is 17.0. The summed E-state index contributed by atoms with van der Waals surface area (Å²) in [6, 6.07) is 7.12. The van der Waals surface area contributed by atoms with Crippen molar-refractivity contribution in [1.82, 2.24) is 14.3 Å². The van der Waals surface area contributed by atoms with Crippen molar-refractivity contribution in [3.8, 4) is 0 Å². The van der Waals surface area contributed by atoms with E-state index in [-0.39, 0.29) is 24.0 Å². The molecule has 2 aromatic heterocycles. The first-order valence-electron chi connectivity index (χ1n) is 10.5. The Kier molecular flexibility index (Phi) is 4.93. The van der Waals surface area contributed by atoms with Gasteiger partial charge in [-0.3, -0.25) is 14.2 Å². The van der Waals surface area contributed by atoms with Crippen molar-refractivity contribution in [3.05, 3.63) is 64.2 Å². The van der Waals surface area contributed by atoms with Gasteiger partial charge in [0.05, 0.1) is 11.8 Å². The number of fused-ring (bicyclic) bond motifs is 2. The van der Waals surface area contributed by atoms with Gasteiger partial charge in [0.15, 0.2) is 0 Å². The van der Waals surface area contributed by atoms with Gasteiger partial charge in [-0.1, -0.05) is 6.42 Å². The number of anilines is 2. The monoisotopic (exact) mass is 421 g/mol. The van der Waals surface area contributed by atoms with Crippen LogP contribution in [0.15, 0.2) is 46.0 Å². The first-order chi connectivity index (χ1) is 15.1. The first-order valence-corrected chi connectivity index (χ1v) is 10.5.